The molecule has 4 N–H and O–H groups in total. The molecular formula is C22H28FN5O. The number of hydrogen-bond acceptors (Lipinski definition) is 5. The second-order valence-corrected chi connectivity index (χ2v) is 8.16. The summed E-state index contributed by atoms with van der Waals surface area (Å²) >= 11 is 0. The van der Waals surface area contributed by atoms with Gasteiger partial charge in [0.2, 0.25) is 0 Å². The third-order valence-corrected chi connectivity index (χ3v) is 5.07. The SMILES string of the molecule is CC(C)(F)CN1CCC(NC(=O)C(=N)c2cc(-c3cccnc3)ccc2N)CC1. The smallest absolute Gasteiger partial charge is 0.270 e. The second kappa shape index (κ2) is 8.69. The molecule has 1 aromatic heterocycles. The van der Waals surface area contributed by atoms with Crippen LogP contribution in [0.2, 0.25) is 0 Å². The van der Waals surface area contributed by atoms with Crippen molar-refractivity contribution in [2.75, 3.05) is 25.4 Å². The van der Waals surface area contributed by atoms with Crippen LogP contribution in [0, 0.1) is 5.41 Å². The topological polar surface area (TPSA) is 95.1 Å². The Morgan fingerprint density at radius 3 is 2.66 bits per heavy atom. The van der Waals surface area contributed by atoms with Crippen molar-refractivity contribution in [3.8, 4) is 11.1 Å². The molecule has 1 saturated heterocycles. The maximum absolute atomic E-state index is 13.8. The van der Waals surface area contributed by atoms with Crippen molar-refractivity contribution >= 4 is 17.3 Å². The number of aromatic nitrogens is 1. The van der Waals surface area contributed by atoms with Crippen molar-refractivity contribution in [3.05, 3.63) is 48.3 Å². The van der Waals surface area contributed by atoms with Gasteiger partial charge < -0.3 is 16.0 Å². The number of likely N-dealkylation sites (tertiary alicyclic amines) is 1. The first-order valence-electron chi connectivity index (χ1n) is 9.84. The molecule has 29 heavy (non-hydrogen) atoms. The van der Waals surface area contributed by atoms with E-state index in [-0.39, 0.29) is 11.8 Å². The normalized spacial score (nSPS) is 15.8. The Balaban J connectivity index is 1.63. The van der Waals surface area contributed by atoms with Gasteiger partial charge in [-0.2, -0.15) is 0 Å². The number of amides is 1. The molecule has 1 aromatic carbocycles. The van der Waals surface area contributed by atoms with Crippen LogP contribution in [-0.4, -0.2) is 52.8 Å². The first-order valence-corrected chi connectivity index (χ1v) is 9.84. The first kappa shape index (κ1) is 20.9. The fourth-order valence-electron chi connectivity index (χ4n) is 3.63. The molecule has 0 atom stereocenters. The standard InChI is InChI=1S/C22H28FN5O/c1-22(2,23)14-28-10-7-17(8-11-28)27-21(29)20(25)18-12-15(5-6-19(18)24)16-4-3-9-26-13-16/h3-6,9,12-13,17,25H,7-8,10-11,14,24H2,1-2H3,(H,27,29). The minimum atomic E-state index is -1.23. The molecule has 0 saturated carbocycles. The minimum Gasteiger partial charge on any atom is -0.398 e. The molecule has 154 valence electrons. The summed E-state index contributed by atoms with van der Waals surface area (Å²) in [5.74, 6) is -0.440. The average Bonchev–Trinajstić information content (AvgIpc) is 2.69. The molecule has 2 aromatic rings. The van der Waals surface area contributed by atoms with E-state index in [2.05, 4.69) is 15.2 Å². The summed E-state index contributed by atoms with van der Waals surface area (Å²) in [6.07, 6.45) is 4.89. The lowest BCUT2D eigenvalue weighted by molar-refractivity contribution is -0.115. The van der Waals surface area contributed by atoms with Gasteiger partial charge in [0, 0.05) is 54.9 Å². The van der Waals surface area contributed by atoms with Crippen LogP contribution in [0.25, 0.3) is 11.1 Å². The molecule has 1 aliphatic heterocycles. The van der Waals surface area contributed by atoms with E-state index in [0.29, 0.717) is 17.8 Å². The van der Waals surface area contributed by atoms with Crippen molar-refractivity contribution in [2.24, 2.45) is 0 Å². The van der Waals surface area contributed by atoms with Gasteiger partial charge in [0.15, 0.2) is 0 Å². The third kappa shape index (κ3) is 5.60. The highest BCUT2D eigenvalue weighted by atomic mass is 19.1. The summed E-state index contributed by atoms with van der Waals surface area (Å²) < 4.78 is 13.8. The molecule has 0 bridgehead atoms. The zero-order valence-corrected chi connectivity index (χ0v) is 16.9. The monoisotopic (exact) mass is 397 g/mol. The van der Waals surface area contributed by atoms with Crippen LogP contribution < -0.4 is 11.1 Å². The number of nitrogen functional groups attached to an aromatic ring is 1. The Morgan fingerprint density at radius 2 is 2.03 bits per heavy atom. The highest BCUT2D eigenvalue weighted by Crippen LogP contribution is 2.24. The number of halogens is 1. The number of alkyl halides is 1. The van der Waals surface area contributed by atoms with Crippen LogP contribution in [0.3, 0.4) is 0 Å². The Bertz CT molecular complexity index is 871. The van der Waals surface area contributed by atoms with Gasteiger partial charge in [-0.25, -0.2) is 4.39 Å². The van der Waals surface area contributed by atoms with Gasteiger partial charge in [-0.1, -0.05) is 12.1 Å². The molecular weight excluding hydrogens is 369 g/mol. The number of nitrogens with two attached hydrogens (primary N) is 1. The number of nitrogens with one attached hydrogen (secondary N) is 2. The molecule has 3 rings (SSSR count). The maximum Gasteiger partial charge on any atom is 0.270 e. The predicted octanol–water partition coefficient (Wildman–Crippen LogP) is 3.03. The summed E-state index contributed by atoms with van der Waals surface area (Å²) in [6.45, 7) is 4.99. The molecule has 7 heteroatoms. The number of rotatable bonds is 6. The molecule has 0 radical (unpaired) electrons. The number of carbonyl (C=O) groups excluding carboxylic acids is 1. The van der Waals surface area contributed by atoms with Crippen molar-refractivity contribution in [3.63, 3.8) is 0 Å². The molecule has 6 nitrogen and oxygen atoms in total. The Kier molecular flexibility index (Phi) is 6.27. The van der Waals surface area contributed by atoms with E-state index >= 15 is 0 Å². The summed E-state index contributed by atoms with van der Waals surface area (Å²) in [4.78, 5) is 18.8. The predicted molar refractivity (Wildman–Crippen MR) is 114 cm³/mol. The van der Waals surface area contributed by atoms with Gasteiger partial charge in [0.25, 0.3) is 5.91 Å². The Hall–Kier alpha value is -2.80. The number of benzene rings is 1. The number of anilines is 1. The Labute approximate surface area is 170 Å². The van der Waals surface area contributed by atoms with E-state index in [1.165, 1.54) is 0 Å². The van der Waals surface area contributed by atoms with Crippen molar-refractivity contribution in [1.82, 2.24) is 15.2 Å². The minimum absolute atomic E-state index is 0.0236. The summed E-state index contributed by atoms with van der Waals surface area (Å²) in [6, 6.07) is 9.03. The van der Waals surface area contributed by atoms with Gasteiger partial charge in [-0.15, -0.1) is 0 Å². The van der Waals surface area contributed by atoms with Gasteiger partial charge in [-0.3, -0.25) is 15.2 Å². The number of hydrogen-bond donors (Lipinski definition) is 3. The molecule has 0 aliphatic carbocycles. The second-order valence-electron chi connectivity index (χ2n) is 8.16. The van der Waals surface area contributed by atoms with E-state index in [0.717, 1.165) is 37.1 Å². The quantitative estimate of drug-likeness (QED) is 0.516. The fourth-order valence-corrected chi connectivity index (χ4v) is 3.63. The first-order chi connectivity index (χ1) is 13.7. The lowest BCUT2D eigenvalue weighted by Gasteiger charge is -2.34. The largest absolute Gasteiger partial charge is 0.398 e. The van der Waals surface area contributed by atoms with Crippen molar-refractivity contribution in [1.29, 1.82) is 5.41 Å². The number of nitrogens with zero attached hydrogens (tertiary/aromatic N) is 2. The molecule has 1 amide bonds. The lowest BCUT2D eigenvalue weighted by atomic mass is 9.99. The summed E-state index contributed by atoms with van der Waals surface area (Å²) in [7, 11) is 0. The maximum atomic E-state index is 13.8. The van der Waals surface area contributed by atoms with E-state index in [1.807, 2.05) is 18.2 Å². The number of carbonyl (C=O) groups is 1. The van der Waals surface area contributed by atoms with Gasteiger partial charge in [0.05, 0.1) is 0 Å². The average molecular weight is 397 g/mol. The van der Waals surface area contributed by atoms with Crippen LogP contribution in [0.15, 0.2) is 42.7 Å². The van der Waals surface area contributed by atoms with E-state index in [4.69, 9.17) is 11.1 Å². The van der Waals surface area contributed by atoms with Crippen LogP contribution >= 0.6 is 0 Å². The number of pyridine rings is 1. The third-order valence-electron chi connectivity index (χ3n) is 5.07. The molecule has 0 unspecified atom stereocenters. The van der Waals surface area contributed by atoms with Crippen LogP contribution in [0.1, 0.15) is 32.3 Å². The highest BCUT2D eigenvalue weighted by molar-refractivity contribution is 6.45. The zero-order valence-electron chi connectivity index (χ0n) is 16.9. The highest BCUT2D eigenvalue weighted by Gasteiger charge is 2.27. The van der Waals surface area contributed by atoms with E-state index < -0.39 is 11.6 Å². The lowest BCUT2D eigenvalue weighted by Crippen LogP contribution is -2.48. The molecule has 1 aliphatic rings. The zero-order chi connectivity index (χ0) is 21.0. The van der Waals surface area contributed by atoms with Gasteiger partial charge in [0.1, 0.15) is 11.4 Å². The van der Waals surface area contributed by atoms with Gasteiger partial charge in [-0.05, 0) is 50.5 Å². The molecule has 1 fully saturated rings. The summed E-state index contributed by atoms with van der Waals surface area (Å²) in [5, 5.41) is 11.3. The molecule has 0 spiro atoms. The van der Waals surface area contributed by atoms with E-state index in [1.54, 1.807) is 38.4 Å². The van der Waals surface area contributed by atoms with Crippen LogP contribution in [-0.2, 0) is 4.79 Å². The fraction of sp³-hybridized carbons (Fsp3) is 0.409. The van der Waals surface area contributed by atoms with Crippen molar-refractivity contribution in [2.45, 2.75) is 38.4 Å². The van der Waals surface area contributed by atoms with E-state index in [9.17, 15) is 9.18 Å². The van der Waals surface area contributed by atoms with Crippen LogP contribution in [0.5, 0.6) is 0 Å². The van der Waals surface area contributed by atoms with Gasteiger partial charge >= 0.3 is 0 Å². The Morgan fingerprint density at radius 1 is 1.31 bits per heavy atom. The molecule has 2 heterocycles. The van der Waals surface area contributed by atoms with Crippen molar-refractivity contribution < 1.29 is 9.18 Å². The summed E-state index contributed by atoms with van der Waals surface area (Å²) in [5.41, 5.74) is 7.19. The van der Waals surface area contributed by atoms with Crippen LogP contribution in [0.4, 0.5) is 10.1 Å². The number of piperidine rings is 1.